The van der Waals surface area contributed by atoms with E-state index < -0.39 is 18.0 Å². The van der Waals surface area contributed by atoms with Crippen molar-refractivity contribution in [3.63, 3.8) is 0 Å². The Labute approximate surface area is 162 Å². The number of rotatable bonds is 6. The number of pyridine rings is 1. The van der Waals surface area contributed by atoms with Crippen molar-refractivity contribution in [2.75, 3.05) is 5.32 Å². The van der Waals surface area contributed by atoms with E-state index in [1.54, 1.807) is 23.5 Å². The van der Waals surface area contributed by atoms with Gasteiger partial charge in [-0.15, -0.1) is 11.3 Å². The van der Waals surface area contributed by atoms with Crippen LogP contribution in [0.25, 0.3) is 10.6 Å². The van der Waals surface area contributed by atoms with Gasteiger partial charge in [0.2, 0.25) is 0 Å². The number of hydrogen-bond donors (Lipinski definition) is 1. The molecule has 1 amide bonds. The van der Waals surface area contributed by atoms with Gasteiger partial charge in [0.05, 0.1) is 17.1 Å². The van der Waals surface area contributed by atoms with E-state index in [0.29, 0.717) is 16.5 Å². The molecule has 0 bridgehead atoms. The van der Waals surface area contributed by atoms with Crippen LogP contribution in [0, 0.1) is 0 Å². The Morgan fingerprint density at radius 1 is 1.31 bits per heavy atom. The van der Waals surface area contributed by atoms with Crippen molar-refractivity contribution >= 4 is 52.0 Å². The lowest BCUT2D eigenvalue weighted by Gasteiger charge is -2.12. The molecule has 0 saturated heterocycles. The van der Waals surface area contributed by atoms with Gasteiger partial charge in [-0.05, 0) is 30.5 Å². The summed E-state index contributed by atoms with van der Waals surface area (Å²) in [6.07, 6.45) is 0.480. The number of ether oxygens (including phenoxy) is 1. The van der Waals surface area contributed by atoms with Crippen molar-refractivity contribution in [2.24, 2.45) is 0 Å². The van der Waals surface area contributed by atoms with Crippen LogP contribution in [0.3, 0.4) is 0 Å². The molecule has 0 aliphatic heterocycles. The first kappa shape index (κ1) is 18.5. The maximum absolute atomic E-state index is 12.1. The Balaban J connectivity index is 1.52. The molecule has 9 heteroatoms. The number of hydrogen-bond acceptors (Lipinski definition) is 7. The third kappa shape index (κ3) is 4.87. The highest BCUT2D eigenvalue weighted by molar-refractivity contribution is 7.14. The minimum absolute atomic E-state index is 0.0114. The third-order valence-corrected chi connectivity index (χ3v) is 5.15. The van der Waals surface area contributed by atoms with Crippen LogP contribution in [-0.4, -0.2) is 27.9 Å². The predicted molar refractivity (Wildman–Crippen MR) is 103 cm³/mol. The van der Waals surface area contributed by atoms with Crippen molar-refractivity contribution in [1.29, 1.82) is 0 Å². The number of amides is 1. The van der Waals surface area contributed by atoms with E-state index in [2.05, 4.69) is 15.3 Å². The van der Waals surface area contributed by atoms with Crippen LogP contribution in [0.4, 0.5) is 5.82 Å². The lowest BCUT2D eigenvalue weighted by Crippen LogP contribution is -2.30. The van der Waals surface area contributed by atoms with E-state index in [0.717, 1.165) is 10.6 Å². The number of carbonyl (C=O) groups excluding carboxylic acids is 2. The van der Waals surface area contributed by atoms with E-state index in [4.69, 9.17) is 16.3 Å². The highest BCUT2D eigenvalue weighted by Crippen LogP contribution is 2.25. The lowest BCUT2D eigenvalue weighted by molar-refractivity contribution is -0.152. The van der Waals surface area contributed by atoms with Gasteiger partial charge in [0, 0.05) is 22.5 Å². The van der Waals surface area contributed by atoms with Crippen LogP contribution in [-0.2, 0) is 20.7 Å². The molecule has 0 spiro atoms. The molecule has 134 valence electrons. The first-order valence-electron chi connectivity index (χ1n) is 7.60. The van der Waals surface area contributed by atoms with Crippen LogP contribution in [0.15, 0.2) is 40.5 Å². The van der Waals surface area contributed by atoms with Crippen molar-refractivity contribution in [3.8, 4) is 10.6 Å². The molecule has 3 heterocycles. The second-order valence-electron chi connectivity index (χ2n) is 5.32. The molecule has 0 aliphatic carbocycles. The fourth-order valence-corrected chi connectivity index (χ4v) is 3.67. The quantitative estimate of drug-likeness (QED) is 0.624. The van der Waals surface area contributed by atoms with Crippen molar-refractivity contribution < 1.29 is 14.3 Å². The van der Waals surface area contributed by atoms with Gasteiger partial charge in [0.1, 0.15) is 10.8 Å². The molecule has 3 aromatic rings. The lowest BCUT2D eigenvalue weighted by atomic mass is 10.3. The number of anilines is 1. The summed E-state index contributed by atoms with van der Waals surface area (Å²) in [6, 6.07) is 5.15. The first-order valence-corrected chi connectivity index (χ1v) is 9.80. The Kier molecular flexibility index (Phi) is 5.97. The van der Waals surface area contributed by atoms with Crippen LogP contribution >= 0.6 is 34.3 Å². The predicted octanol–water partition coefficient (Wildman–Crippen LogP) is 4.03. The highest BCUT2D eigenvalue weighted by atomic mass is 35.5. The molecule has 0 fully saturated rings. The monoisotopic (exact) mass is 407 g/mol. The zero-order valence-corrected chi connectivity index (χ0v) is 16.0. The normalized spacial score (nSPS) is 11.8. The number of carbonyl (C=O) groups is 2. The van der Waals surface area contributed by atoms with Gasteiger partial charge in [-0.2, -0.15) is 11.3 Å². The largest absolute Gasteiger partial charge is 0.452 e. The summed E-state index contributed by atoms with van der Waals surface area (Å²) in [4.78, 5) is 32.5. The average Bonchev–Trinajstić information content (AvgIpc) is 3.28. The molecule has 0 aromatic carbocycles. The van der Waals surface area contributed by atoms with Crippen LogP contribution in [0.1, 0.15) is 12.6 Å². The molecule has 0 unspecified atom stereocenters. The van der Waals surface area contributed by atoms with Gasteiger partial charge in [-0.25, -0.2) is 9.97 Å². The van der Waals surface area contributed by atoms with Crippen molar-refractivity contribution in [2.45, 2.75) is 19.4 Å². The number of esters is 1. The fraction of sp³-hybridized carbons (Fsp3) is 0.176. The van der Waals surface area contributed by atoms with E-state index >= 15 is 0 Å². The molecular formula is C17H14ClN3O3S2. The fourth-order valence-electron chi connectivity index (χ4n) is 2.02. The molecule has 0 aliphatic rings. The third-order valence-electron chi connectivity index (χ3n) is 3.30. The van der Waals surface area contributed by atoms with E-state index in [1.165, 1.54) is 24.5 Å². The average molecular weight is 408 g/mol. The molecule has 6 nitrogen and oxygen atoms in total. The summed E-state index contributed by atoms with van der Waals surface area (Å²) in [7, 11) is 0. The van der Waals surface area contributed by atoms with Gasteiger partial charge in [-0.3, -0.25) is 9.59 Å². The van der Waals surface area contributed by atoms with Gasteiger partial charge in [0.25, 0.3) is 5.91 Å². The SMILES string of the molecule is C[C@@H](OC(=O)Cc1csc(-c2ccsc2)n1)C(=O)Nc1ccc(Cl)cn1. The summed E-state index contributed by atoms with van der Waals surface area (Å²) in [6.45, 7) is 1.50. The van der Waals surface area contributed by atoms with E-state index in [1.807, 2.05) is 22.2 Å². The number of thiophene rings is 1. The smallest absolute Gasteiger partial charge is 0.312 e. The van der Waals surface area contributed by atoms with Gasteiger partial charge in [0.15, 0.2) is 6.10 Å². The second kappa shape index (κ2) is 8.39. The topological polar surface area (TPSA) is 81.2 Å². The molecule has 26 heavy (non-hydrogen) atoms. The summed E-state index contributed by atoms with van der Waals surface area (Å²) in [5.41, 5.74) is 1.65. The van der Waals surface area contributed by atoms with Crippen LogP contribution < -0.4 is 5.32 Å². The molecule has 0 radical (unpaired) electrons. The Morgan fingerprint density at radius 2 is 2.15 bits per heavy atom. The summed E-state index contributed by atoms with van der Waals surface area (Å²) in [5, 5.41) is 9.67. The maximum Gasteiger partial charge on any atom is 0.312 e. The molecule has 3 aromatic heterocycles. The minimum Gasteiger partial charge on any atom is -0.452 e. The number of nitrogens with one attached hydrogen (secondary N) is 1. The van der Waals surface area contributed by atoms with E-state index in [-0.39, 0.29) is 6.42 Å². The van der Waals surface area contributed by atoms with Gasteiger partial charge >= 0.3 is 5.97 Å². The molecular weight excluding hydrogens is 394 g/mol. The zero-order chi connectivity index (χ0) is 18.5. The van der Waals surface area contributed by atoms with Gasteiger partial charge in [-0.1, -0.05) is 11.6 Å². The number of nitrogens with zero attached hydrogens (tertiary/aromatic N) is 2. The first-order chi connectivity index (χ1) is 12.5. The highest BCUT2D eigenvalue weighted by Gasteiger charge is 2.19. The number of halogens is 1. The Bertz CT molecular complexity index is 894. The van der Waals surface area contributed by atoms with Crippen LogP contribution in [0.2, 0.25) is 5.02 Å². The maximum atomic E-state index is 12.1. The minimum atomic E-state index is -0.949. The summed E-state index contributed by atoms with van der Waals surface area (Å²) in [5.74, 6) is -0.647. The summed E-state index contributed by atoms with van der Waals surface area (Å²) >= 11 is 8.80. The van der Waals surface area contributed by atoms with Crippen LogP contribution in [0.5, 0.6) is 0 Å². The van der Waals surface area contributed by atoms with Crippen molar-refractivity contribution in [3.05, 3.63) is 51.3 Å². The molecule has 1 N–H and O–H groups in total. The standard InChI is InChI=1S/C17H14ClN3O3S2/c1-10(16(23)21-14-3-2-12(18)7-19-14)24-15(22)6-13-9-26-17(20-13)11-4-5-25-8-11/h2-5,7-10H,6H2,1H3,(H,19,21,23)/t10-/m1/s1. The Hall–Kier alpha value is -2.29. The summed E-state index contributed by atoms with van der Waals surface area (Å²) < 4.78 is 5.17. The van der Waals surface area contributed by atoms with Crippen molar-refractivity contribution in [1.82, 2.24) is 9.97 Å². The molecule has 0 saturated carbocycles. The number of aromatic nitrogens is 2. The molecule has 3 rings (SSSR count). The Morgan fingerprint density at radius 3 is 2.85 bits per heavy atom. The molecule has 1 atom stereocenters. The van der Waals surface area contributed by atoms with Gasteiger partial charge < -0.3 is 10.1 Å². The number of thiazole rings is 1. The second-order valence-corrected chi connectivity index (χ2v) is 7.39. The zero-order valence-electron chi connectivity index (χ0n) is 13.6. The van der Waals surface area contributed by atoms with E-state index in [9.17, 15) is 9.59 Å².